The highest BCUT2D eigenvalue weighted by atomic mass is 35.5. The zero-order valence-electron chi connectivity index (χ0n) is 14.6. The number of aryl methyl sites for hydroxylation is 1. The summed E-state index contributed by atoms with van der Waals surface area (Å²) in [6.07, 6.45) is 1.15. The maximum absolute atomic E-state index is 12.2. The topological polar surface area (TPSA) is 122 Å². The van der Waals surface area contributed by atoms with Gasteiger partial charge < -0.3 is 5.32 Å². The third-order valence-corrected chi connectivity index (χ3v) is 4.03. The molecule has 3 rings (SSSR count). The van der Waals surface area contributed by atoms with Gasteiger partial charge in [0.1, 0.15) is 6.33 Å². The molecule has 0 saturated carbocycles. The van der Waals surface area contributed by atoms with E-state index in [0.717, 1.165) is 11.9 Å². The Morgan fingerprint density at radius 2 is 1.86 bits per heavy atom. The van der Waals surface area contributed by atoms with Crippen LogP contribution in [0, 0.1) is 17.0 Å². The van der Waals surface area contributed by atoms with E-state index in [1.807, 2.05) is 25.1 Å². The molecule has 0 aliphatic rings. The Hall–Kier alpha value is -3.72. The largest absolute Gasteiger partial charge is 0.355 e. The highest BCUT2D eigenvalue weighted by Crippen LogP contribution is 2.30. The molecule has 0 bridgehead atoms. The Labute approximate surface area is 164 Å². The van der Waals surface area contributed by atoms with E-state index < -0.39 is 16.5 Å². The average Bonchev–Trinajstić information content (AvgIpc) is 2.66. The molecule has 1 heterocycles. The molecule has 0 saturated heterocycles. The summed E-state index contributed by atoms with van der Waals surface area (Å²) in [5.41, 5.74) is 6.23. The van der Waals surface area contributed by atoms with Crippen molar-refractivity contribution in [1.82, 2.24) is 15.4 Å². The fraction of sp³-hybridized carbons (Fsp3) is 0.0556. The summed E-state index contributed by atoms with van der Waals surface area (Å²) in [4.78, 5) is 31.0. The van der Waals surface area contributed by atoms with Crippen molar-refractivity contribution in [3.05, 3.63) is 81.1 Å². The lowest BCUT2D eigenvalue weighted by atomic mass is 10.2. The van der Waals surface area contributed by atoms with Crippen molar-refractivity contribution in [2.75, 3.05) is 10.7 Å². The Balaban J connectivity index is 1.84. The normalized spacial score (nSPS) is 10.2. The number of nitrogens with one attached hydrogen (secondary N) is 3. The van der Waals surface area contributed by atoms with Gasteiger partial charge in [0.25, 0.3) is 5.91 Å². The van der Waals surface area contributed by atoms with E-state index in [1.165, 1.54) is 6.07 Å². The van der Waals surface area contributed by atoms with Gasteiger partial charge in [0.15, 0.2) is 0 Å². The predicted molar refractivity (Wildman–Crippen MR) is 106 cm³/mol. The van der Waals surface area contributed by atoms with Crippen LogP contribution in [0.4, 0.5) is 23.0 Å². The highest BCUT2D eigenvalue weighted by Gasteiger charge is 2.24. The number of carbonyl (C=O) groups excluding carboxylic acids is 1. The van der Waals surface area contributed by atoms with E-state index >= 15 is 0 Å². The van der Waals surface area contributed by atoms with E-state index in [4.69, 9.17) is 11.6 Å². The molecule has 0 spiro atoms. The molecule has 0 atom stereocenters. The average molecular weight is 399 g/mol. The van der Waals surface area contributed by atoms with Crippen molar-refractivity contribution >= 4 is 40.5 Å². The SMILES string of the molecule is Cc1cccc(Nc2ncnc(NNC(=O)c3ccccc3Cl)c2[N+](=O)[O-])c1. The van der Waals surface area contributed by atoms with Crippen LogP contribution in [0.5, 0.6) is 0 Å². The first-order valence-electron chi connectivity index (χ1n) is 8.09. The number of halogens is 1. The van der Waals surface area contributed by atoms with E-state index in [9.17, 15) is 14.9 Å². The van der Waals surface area contributed by atoms with Crippen LogP contribution in [-0.4, -0.2) is 20.8 Å². The van der Waals surface area contributed by atoms with Gasteiger partial charge >= 0.3 is 5.69 Å². The number of hydrogen-bond donors (Lipinski definition) is 3. The summed E-state index contributed by atoms with van der Waals surface area (Å²) in [6, 6.07) is 13.7. The van der Waals surface area contributed by atoms with E-state index in [1.54, 1.807) is 24.3 Å². The lowest BCUT2D eigenvalue weighted by Gasteiger charge is -2.11. The molecule has 10 heteroatoms. The minimum absolute atomic E-state index is 0.0138. The molecule has 1 amide bonds. The summed E-state index contributed by atoms with van der Waals surface area (Å²) in [6.45, 7) is 1.90. The molecule has 0 fully saturated rings. The number of aromatic nitrogens is 2. The summed E-state index contributed by atoms with van der Waals surface area (Å²) in [7, 11) is 0. The van der Waals surface area contributed by atoms with Crippen LogP contribution in [0.1, 0.15) is 15.9 Å². The predicted octanol–water partition coefficient (Wildman–Crippen LogP) is 3.85. The number of benzene rings is 2. The molecule has 3 N–H and O–H groups in total. The third kappa shape index (κ3) is 4.33. The number of hydrazine groups is 1. The molecule has 0 aliphatic heterocycles. The molecular weight excluding hydrogens is 384 g/mol. The van der Waals surface area contributed by atoms with Crippen LogP contribution in [0.3, 0.4) is 0 Å². The molecule has 28 heavy (non-hydrogen) atoms. The summed E-state index contributed by atoms with van der Waals surface area (Å²) in [5.74, 6) is -0.748. The van der Waals surface area contributed by atoms with Crippen molar-refractivity contribution in [2.45, 2.75) is 6.92 Å². The van der Waals surface area contributed by atoms with Crippen molar-refractivity contribution in [3.8, 4) is 0 Å². The smallest absolute Gasteiger partial charge is 0.334 e. The van der Waals surface area contributed by atoms with Crippen LogP contribution in [0.2, 0.25) is 5.02 Å². The summed E-state index contributed by atoms with van der Waals surface area (Å²) < 4.78 is 0. The lowest BCUT2D eigenvalue weighted by molar-refractivity contribution is -0.383. The molecule has 3 aromatic rings. The molecule has 142 valence electrons. The number of hydrogen-bond acceptors (Lipinski definition) is 7. The summed E-state index contributed by atoms with van der Waals surface area (Å²) >= 11 is 5.98. The molecule has 0 radical (unpaired) electrons. The van der Waals surface area contributed by atoms with Gasteiger partial charge in [-0.05, 0) is 36.8 Å². The van der Waals surface area contributed by atoms with Gasteiger partial charge in [-0.2, -0.15) is 0 Å². The second-order valence-corrected chi connectivity index (χ2v) is 6.14. The Morgan fingerprint density at radius 1 is 1.11 bits per heavy atom. The van der Waals surface area contributed by atoms with Gasteiger partial charge in [-0.1, -0.05) is 35.9 Å². The molecular formula is C18H15ClN6O3. The molecule has 0 unspecified atom stereocenters. The van der Waals surface area contributed by atoms with E-state index in [0.29, 0.717) is 5.69 Å². The van der Waals surface area contributed by atoms with Crippen molar-refractivity contribution in [3.63, 3.8) is 0 Å². The van der Waals surface area contributed by atoms with E-state index in [2.05, 4.69) is 26.1 Å². The fourth-order valence-corrected chi connectivity index (χ4v) is 2.64. The number of nitrogens with zero attached hydrogens (tertiary/aromatic N) is 3. The van der Waals surface area contributed by atoms with Gasteiger partial charge in [0.05, 0.1) is 15.5 Å². The Morgan fingerprint density at radius 3 is 2.57 bits per heavy atom. The van der Waals surface area contributed by atoms with Gasteiger partial charge in [-0.25, -0.2) is 9.97 Å². The van der Waals surface area contributed by atoms with Crippen LogP contribution in [0.25, 0.3) is 0 Å². The number of anilines is 3. The molecule has 1 aromatic heterocycles. The maximum Gasteiger partial charge on any atom is 0.355 e. The van der Waals surface area contributed by atoms with E-state index in [-0.39, 0.29) is 22.2 Å². The minimum Gasteiger partial charge on any atom is -0.334 e. The Bertz CT molecular complexity index is 1040. The highest BCUT2D eigenvalue weighted by molar-refractivity contribution is 6.33. The Kier molecular flexibility index (Phi) is 5.66. The minimum atomic E-state index is -0.637. The molecule has 9 nitrogen and oxygen atoms in total. The molecule has 0 aliphatic carbocycles. The fourth-order valence-electron chi connectivity index (χ4n) is 2.42. The van der Waals surface area contributed by atoms with Crippen molar-refractivity contribution < 1.29 is 9.72 Å². The van der Waals surface area contributed by atoms with Crippen LogP contribution >= 0.6 is 11.6 Å². The lowest BCUT2D eigenvalue weighted by Crippen LogP contribution is -2.30. The number of amides is 1. The monoisotopic (exact) mass is 398 g/mol. The van der Waals surface area contributed by atoms with Crippen LogP contribution < -0.4 is 16.2 Å². The van der Waals surface area contributed by atoms with Gasteiger partial charge in [-0.15, -0.1) is 0 Å². The van der Waals surface area contributed by atoms with Gasteiger partial charge in [0, 0.05) is 5.69 Å². The standard InChI is InChI=1S/C18H15ClN6O3/c1-11-5-4-6-12(9-11)22-16-15(25(27)28)17(21-10-20-16)23-24-18(26)13-7-2-3-8-14(13)19/h2-10H,1H3,(H,24,26)(H2,20,21,22,23). The second-order valence-electron chi connectivity index (χ2n) is 5.73. The quantitative estimate of drug-likeness (QED) is 0.425. The maximum atomic E-state index is 12.2. The first-order valence-corrected chi connectivity index (χ1v) is 8.47. The summed E-state index contributed by atoms with van der Waals surface area (Å²) in [5, 5.41) is 14.7. The number of rotatable bonds is 6. The first-order chi connectivity index (χ1) is 13.5. The first kappa shape index (κ1) is 19.1. The molecule has 2 aromatic carbocycles. The third-order valence-electron chi connectivity index (χ3n) is 3.70. The van der Waals surface area contributed by atoms with Crippen molar-refractivity contribution in [1.29, 1.82) is 0 Å². The second kappa shape index (κ2) is 8.31. The van der Waals surface area contributed by atoms with Gasteiger partial charge in [-0.3, -0.25) is 25.8 Å². The van der Waals surface area contributed by atoms with Crippen LogP contribution in [-0.2, 0) is 0 Å². The number of nitro groups is 1. The van der Waals surface area contributed by atoms with Gasteiger partial charge in [0.2, 0.25) is 11.6 Å². The van der Waals surface area contributed by atoms with Crippen molar-refractivity contribution in [2.24, 2.45) is 0 Å². The van der Waals surface area contributed by atoms with Crippen LogP contribution in [0.15, 0.2) is 54.9 Å². The number of carbonyl (C=O) groups is 1. The zero-order chi connectivity index (χ0) is 20.1. The zero-order valence-corrected chi connectivity index (χ0v) is 15.4.